The van der Waals surface area contributed by atoms with Gasteiger partial charge in [-0.3, -0.25) is 9.69 Å². The van der Waals surface area contributed by atoms with E-state index in [1.54, 1.807) is 43.3 Å². The molecule has 2 N–H and O–H groups in total. The number of hydrogen-bond donors (Lipinski definition) is 2. The van der Waals surface area contributed by atoms with E-state index >= 15 is 0 Å². The standard InChI is InChI=1S/C30H37NO4.C2H6/c1-4-24(9-8-22(2)32)29(23(3)25-10-14-27(33)15-11-25)30(34)26-12-16-28(17-13-26)35-21-20-31-18-6-5-7-19-31;1-2/h8-17,32-33H,4-7,18-21H2,1-3H3;1-2H3/b22-8+,24-9+,29-23-;. The number of likely N-dealkylation sites (tertiary alicyclic amines) is 1. The van der Waals surface area contributed by atoms with Gasteiger partial charge in [0.25, 0.3) is 0 Å². The molecule has 0 atom stereocenters. The van der Waals surface area contributed by atoms with Crippen LogP contribution in [0.4, 0.5) is 0 Å². The Balaban J connectivity index is 0.00000235. The first-order valence-corrected chi connectivity index (χ1v) is 13.5. The Morgan fingerprint density at radius 3 is 2.08 bits per heavy atom. The van der Waals surface area contributed by atoms with Crippen molar-refractivity contribution in [2.45, 2.75) is 60.3 Å². The summed E-state index contributed by atoms with van der Waals surface area (Å²) < 4.78 is 5.93. The van der Waals surface area contributed by atoms with Gasteiger partial charge in [-0.1, -0.05) is 45.4 Å². The summed E-state index contributed by atoms with van der Waals surface area (Å²) in [5, 5.41) is 19.4. The van der Waals surface area contributed by atoms with Crippen molar-refractivity contribution in [1.29, 1.82) is 0 Å². The van der Waals surface area contributed by atoms with Crippen molar-refractivity contribution in [2.24, 2.45) is 0 Å². The number of ether oxygens (including phenoxy) is 1. The average Bonchev–Trinajstić information content (AvgIpc) is 2.93. The van der Waals surface area contributed by atoms with E-state index in [9.17, 15) is 15.0 Å². The van der Waals surface area contributed by atoms with Crippen LogP contribution in [-0.4, -0.2) is 47.1 Å². The van der Waals surface area contributed by atoms with Crippen molar-refractivity contribution in [3.63, 3.8) is 0 Å². The third-order valence-corrected chi connectivity index (χ3v) is 6.37. The van der Waals surface area contributed by atoms with Gasteiger partial charge in [0.15, 0.2) is 5.78 Å². The quantitative estimate of drug-likeness (QED) is 0.150. The molecule has 2 aromatic carbocycles. The van der Waals surface area contributed by atoms with Crippen LogP contribution in [0.25, 0.3) is 5.57 Å². The molecule has 5 nitrogen and oxygen atoms in total. The lowest BCUT2D eigenvalue weighted by Gasteiger charge is -2.26. The molecule has 2 aromatic rings. The van der Waals surface area contributed by atoms with Crippen LogP contribution in [0.1, 0.15) is 76.2 Å². The fourth-order valence-corrected chi connectivity index (χ4v) is 4.33. The van der Waals surface area contributed by atoms with Gasteiger partial charge in [0.05, 0.1) is 5.76 Å². The Hall–Kier alpha value is -3.31. The highest BCUT2D eigenvalue weighted by molar-refractivity contribution is 6.16. The Labute approximate surface area is 222 Å². The minimum absolute atomic E-state index is 0.0902. The van der Waals surface area contributed by atoms with E-state index in [0.29, 0.717) is 24.2 Å². The van der Waals surface area contributed by atoms with E-state index < -0.39 is 0 Å². The lowest BCUT2D eigenvalue weighted by molar-refractivity contribution is 0.103. The molecule has 1 heterocycles. The maximum Gasteiger partial charge on any atom is 0.193 e. The molecule has 0 radical (unpaired) electrons. The molecule has 0 amide bonds. The maximum absolute atomic E-state index is 13.7. The molecule has 1 aliphatic rings. The van der Waals surface area contributed by atoms with E-state index in [4.69, 9.17) is 4.74 Å². The lowest BCUT2D eigenvalue weighted by Crippen LogP contribution is -2.33. The molecule has 200 valence electrons. The molecule has 0 saturated carbocycles. The number of aromatic hydroxyl groups is 1. The number of aliphatic hydroxyl groups excluding tert-OH is 1. The van der Waals surface area contributed by atoms with E-state index in [1.165, 1.54) is 19.3 Å². The Bertz CT molecular complexity index is 1070. The zero-order valence-electron chi connectivity index (χ0n) is 23.1. The van der Waals surface area contributed by atoms with Gasteiger partial charge in [0, 0.05) is 17.7 Å². The normalized spacial score (nSPS) is 15.4. The number of hydrogen-bond acceptors (Lipinski definition) is 5. The summed E-state index contributed by atoms with van der Waals surface area (Å²) in [7, 11) is 0. The predicted molar refractivity (Wildman–Crippen MR) is 153 cm³/mol. The van der Waals surface area contributed by atoms with Crippen LogP contribution < -0.4 is 4.74 Å². The first-order valence-electron chi connectivity index (χ1n) is 13.5. The topological polar surface area (TPSA) is 70.0 Å². The van der Waals surface area contributed by atoms with Gasteiger partial charge in [0.2, 0.25) is 0 Å². The lowest BCUT2D eigenvalue weighted by atomic mass is 9.88. The van der Waals surface area contributed by atoms with Crippen LogP contribution in [-0.2, 0) is 0 Å². The largest absolute Gasteiger partial charge is 0.513 e. The molecular weight excluding hydrogens is 462 g/mol. The first kappa shape index (κ1) is 29.9. The summed E-state index contributed by atoms with van der Waals surface area (Å²) in [4.78, 5) is 16.2. The van der Waals surface area contributed by atoms with E-state index in [2.05, 4.69) is 4.90 Å². The molecule has 0 unspecified atom stereocenters. The third-order valence-electron chi connectivity index (χ3n) is 6.37. The second-order valence-corrected chi connectivity index (χ2v) is 9.00. The van der Waals surface area contributed by atoms with Gasteiger partial charge in [0.1, 0.15) is 18.1 Å². The van der Waals surface area contributed by atoms with Crippen molar-refractivity contribution in [3.05, 3.63) is 88.7 Å². The van der Waals surface area contributed by atoms with Gasteiger partial charge >= 0.3 is 0 Å². The number of rotatable bonds is 10. The molecule has 5 heteroatoms. The second kappa shape index (κ2) is 15.7. The fraction of sp³-hybridized carbons (Fsp3) is 0.406. The number of phenolic OH excluding ortho intramolecular Hbond substituents is 1. The van der Waals surface area contributed by atoms with Crippen molar-refractivity contribution >= 4 is 11.4 Å². The van der Waals surface area contributed by atoms with E-state index in [0.717, 1.165) is 42.1 Å². The van der Waals surface area contributed by atoms with Crippen molar-refractivity contribution in [3.8, 4) is 11.5 Å². The van der Waals surface area contributed by atoms with E-state index in [1.807, 2.05) is 52.0 Å². The van der Waals surface area contributed by atoms with E-state index in [-0.39, 0.29) is 17.3 Å². The molecular formula is C32H43NO4. The Kier molecular flexibility index (Phi) is 12.7. The zero-order valence-corrected chi connectivity index (χ0v) is 23.1. The fourth-order valence-electron chi connectivity index (χ4n) is 4.33. The smallest absolute Gasteiger partial charge is 0.193 e. The van der Waals surface area contributed by atoms with Crippen molar-refractivity contribution in [2.75, 3.05) is 26.2 Å². The molecule has 1 saturated heterocycles. The van der Waals surface area contributed by atoms with Gasteiger partial charge < -0.3 is 14.9 Å². The minimum atomic E-state index is -0.0902. The number of Topliss-reactive ketones (excluding diaryl/α,β-unsaturated/α-hetero) is 1. The van der Waals surface area contributed by atoms with Crippen LogP contribution in [0.15, 0.2) is 77.6 Å². The predicted octanol–water partition coefficient (Wildman–Crippen LogP) is 7.74. The van der Waals surface area contributed by atoms with Crippen LogP contribution >= 0.6 is 0 Å². The van der Waals surface area contributed by atoms with Gasteiger partial charge in [-0.2, -0.15) is 0 Å². The maximum atomic E-state index is 13.7. The highest BCUT2D eigenvalue weighted by Gasteiger charge is 2.20. The second-order valence-electron chi connectivity index (χ2n) is 9.00. The molecule has 37 heavy (non-hydrogen) atoms. The number of carbonyl (C=O) groups excluding carboxylic acids is 1. The Morgan fingerprint density at radius 1 is 0.919 bits per heavy atom. The molecule has 1 fully saturated rings. The number of ketones is 1. The van der Waals surface area contributed by atoms with Gasteiger partial charge in [-0.25, -0.2) is 0 Å². The van der Waals surface area contributed by atoms with Gasteiger partial charge in [-0.05, 0) is 105 Å². The summed E-state index contributed by atoms with van der Waals surface area (Å²) in [6.07, 6.45) is 7.87. The van der Waals surface area contributed by atoms with Crippen molar-refractivity contribution < 1.29 is 19.7 Å². The zero-order chi connectivity index (χ0) is 27.2. The van der Waals surface area contributed by atoms with Crippen LogP contribution in [0.5, 0.6) is 11.5 Å². The summed E-state index contributed by atoms with van der Waals surface area (Å²) in [6, 6.07) is 14.2. The number of carbonyl (C=O) groups is 1. The monoisotopic (exact) mass is 505 g/mol. The highest BCUT2D eigenvalue weighted by atomic mass is 16.5. The number of phenols is 1. The van der Waals surface area contributed by atoms with Crippen LogP contribution in [0.2, 0.25) is 0 Å². The van der Waals surface area contributed by atoms with Crippen LogP contribution in [0.3, 0.4) is 0 Å². The number of nitrogens with zero attached hydrogens (tertiary/aromatic N) is 1. The first-order chi connectivity index (χ1) is 17.9. The summed E-state index contributed by atoms with van der Waals surface area (Å²) in [5.74, 6) is 1.02. The Morgan fingerprint density at radius 2 is 1.51 bits per heavy atom. The number of aliphatic hydroxyl groups is 1. The number of benzene rings is 2. The summed E-state index contributed by atoms with van der Waals surface area (Å²) >= 11 is 0. The number of piperidine rings is 1. The molecule has 3 rings (SSSR count). The summed E-state index contributed by atoms with van der Waals surface area (Å²) in [5.41, 5.74) is 3.66. The molecule has 1 aliphatic heterocycles. The average molecular weight is 506 g/mol. The SMILES string of the molecule is CC.CCC(=C\C=C(/C)O)/C(C(=O)c1ccc(OCCN2CCCCC2)cc1)=C(\C)c1ccc(O)cc1. The highest BCUT2D eigenvalue weighted by Crippen LogP contribution is 2.30. The molecule has 0 aromatic heterocycles. The molecule has 0 aliphatic carbocycles. The minimum Gasteiger partial charge on any atom is -0.513 e. The third kappa shape index (κ3) is 9.25. The molecule has 0 spiro atoms. The van der Waals surface area contributed by atoms with Crippen LogP contribution in [0, 0.1) is 0 Å². The number of allylic oxidation sites excluding steroid dienone is 6. The van der Waals surface area contributed by atoms with Crippen molar-refractivity contribution in [1.82, 2.24) is 4.90 Å². The van der Waals surface area contributed by atoms with Gasteiger partial charge in [-0.15, -0.1) is 0 Å². The molecule has 0 bridgehead atoms. The summed E-state index contributed by atoms with van der Waals surface area (Å²) in [6.45, 7) is 13.3.